The minimum atomic E-state index is -0.134. The van der Waals surface area contributed by atoms with E-state index in [2.05, 4.69) is 20.6 Å². The molecule has 2 rings (SSSR count). The molecule has 0 aliphatic carbocycles. The van der Waals surface area contributed by atoms with Crippen LogP contribution in [-0.4, -0.2) is 37.7 Å². The smallest absolute Gasteiger partial charge is 0.191 e. The molecule has 134 valence electrons. The summed E-state index contributed by atoms with van der Waals surface area (Å²) in [5.74, 6) is 0.766. The molecule has 0 aliphatic rings. The number of benzene rings is 1. The van der Waals surface area contributed by atoms with Crippen molar-refractivity contribution in [2.24, 2.45) is 4.99 Å². The lowest BCUT2D eigenvalue weighted by molar-refractivity contribution is 0.111. The molecule has 0 amide bonds. The van der Waals surface area contributed by atoms with Gasteiger partial charge in [0.2, 0.25) is 0 Å². The van der Waals surface area contributed by atoms with Crippen LogP contribution >= 0.6 is 11.6 Å². The van der Waals surface area contributed by atoms with Crippen LogP contribution in [0.3, 0.4) is 0 Å². The number of aliphatic imine (C=N–C) groups is 1. The van der Waals surface area contributed by atoms with Crippen LogP contribution in [0.15, 0.2) is 53.7 Å². The highest BCUT2D eigenvalue weighted by atomic mass is 35.5. The minimum Gasteiger partial charge on any atom is -0.375 e. The van der Waals surface area contributed by atoms with E-state index in [0.29, 0.717) is 11.6 Å². The van der Waals surface area contributed by atoms with Crippen molar-refractivity contribution in [3.05, 3.63) is 64.9 Å². The first-order valence-electron chi connectivity index (χ1n) is 8.43. The Hall–Kier alpha value is -2.11. The second kappa shape index (κ2) is 10.7. The van der Waals surface area contributed by atoms with Gasteiger partial charge in [-0.1, -0.05) is 29.8 Å². The van der Waals surface area contributed by atoms with E-state index >= 15 is 0 Å². The van der Waals surface area contributed by atoms with Crippen LogP contribution in [0, 0.1) is 0 Å². The largest absolute Gasteiger partial charge is 0.375 e. The third-order valence-corrected chi connectivity index (χ3v) is 3.90. The van der Waals surface area contributed by atoms with Crippen molar-refractivity contribution in [3.63, 3.8) is 0 Å². The van der Waals surface area contributed by atoms with Crippen molar-refractivity contribution in [1.82, 2.24) is 15.6 Å². The first kappa shape index (κ1) is 19.2. The minimum absolute atomic E-state index is 0.134. The Labute approximate surface area is 154 Å². The molecule has 1 heterocycles. The fourth-order valence-corrected chi connectivity index (χ4v) is 2.59. The number of methoxy groups -OCH3 is 1. The maximum atomic E-state index is 6.06. The van der Waals surface area contributed by atoms with Crippen LogP contribution in [0.25, 0.3) is 0 Å². The molecule has 0 saturated heterocycles. The van der Waals surface area contributed by atoms with Crippen molar-refractivity contribution < 1.29 is 4.74 Å². The monoisotopic (exact) mass is 360 g/mol. The summed E-state index contributed by atoms with van der Waals surface area (Å²) in [5.41, 5.74) is 2.07. The molecule has 2 N–H and O–H groups in total. The number of nitrogens with zero attached hydrogens (tertiary/aromatic N) is 2. The molecule has 0 spiro atoms. The lowest BCUT2D eigenvalue weighted by Gasteiger charge is -2.16. The summed E-state index contributed by atoms with van der Waals surface area (Å²) in [4.78, 5) is 8.95. The lowest BCUT2D eigenvalue weighted by Crippen LogP contribution is -2.38. The highest BCUT2D eigenvalue weighted by Gasteiger charge is 2.11. The summed E-state index contributed by atoms with van der Waals surface area (Å²) in [7, 11) is 1.68. The van der Waals surface area contributed by atoms with Crippen LogP contribution in [0.1, 0.15) is 24.3 Å². The van der Waals surface area contributed by atoms with E-state index in [4.69, 9.17) is 16.3 Å². The zero-order valence-corrected chi connectivity index (χ0v) is 15.5. The fourth-order valence-electron chi connectivity index (χ4n) is 2.39. The van der Waals surface area contributed by atoms with Gasteiger partial charge in [0, 0.05) is 43.5 Å². The maximum absolute atomic E-state index is 6.06. The van der Waals surface area contributed by atoms with Crippen molar-refractivity contribution in [1.29, 1.82) is 0 Å². The zero-order chi connectivity index (χ0) is 17.9. The van der Waals surface area contributed by atoms with Gasteiger partial charge in [-0.15, -0.1) is 0 Å². The second-order valence-electron chi connectivity index (χ2n) is 5.50. The molecule has 1 unspecified atom stereocenters. The van der Waals surface area contributed by atoms with Gasteiger partial charge in [-0.2, -0.15) is 0 Å². The van der Waals surface area contributed by atoms with Gasteiger partial charge in [0.25, 0.3) is 0 Å². The molecule has 0 aliphatic heterocycles. The Morgan fingerprint density at radius 3 is 2.80 bits per heavy atom. The van der Waals surface area contributed by atoms with Crippen molar-refractivity contribution in [2.45, 2.75) is 19.4 Å². The fraction of sp³-hybridized carbons (Fsp3) is 0.368. The van der Waals surface area contributed by atoms with Gasteiger partial charge in [0.15, 0.2) is 5.96 Å². The number of halogens is 1. The number of hydrogen-bond donors (Lipinski definition) is 2. The second-order valence-corrected chi connectivity index (χ2v) is 5.93. The molecule has 0 bridgehead atoms. The maximum Gasteiger partial charge on any atom is 0.191 e. The van der Waals surface area contributed by atoms with Crippen LogP contribution in [0.5, 0.6) is 0 Å². The summed E-state index contributed by atoms with van der Waals surface area (Å²) in [6, 6.07) is 13.6. The molecular formula is C19H25ClN4O. The summed E-state index contributed by atoms with van der Waals surface area (Å²) in [6.45, 7) is 4.11. The summed E-state index contributed by atoms with van der Waals surface area (Å²) in [5, 5.41) is 7.27. The number of hydrogen-bond acceptors (Lipinski definition) is 3. The Bertz CT molecular complexity index is 663. The van der Waals surface area contributed by atoms with E-state index in [1.807, 2.05) is 55.6 Å². The molecule has 2 aromatic rings. The third-order valence-electron chi connectivity index (χ3n) is 3.66. The van der Waals surface area contributed by atoms with Gasteiger partial charge < -0.3 is 15.4 Å². The summed E-state index contributed by atoms with van der Waals surface area (Å²) in [6.07, 6.45) is 2.51. The van der Waals surface area contributed by atoms with Crippen LogP contribution < -0.4 is 10.6 Å². The number of ether oxygens (including phenoxy) is 1. The first-order valence-corrected chi connectivity index (χ1v) is 8.81. The van der Waals surface area contributed by atoms with E-state index < -0.39 is 0 Å². The zero-order valence-electron chi connectivity index (χ0n) is 14.7. The molecule has 5 nitrogen and oxygen atoms in total. The normalized spacial score (nSPS) is 12.7. The molecule has 0 fully saturated rings. The number of pyridine rings is 1. The number of guanidine groups is 1. The predicted molar refractivity (Wildman–Crippen MR) is 103 cm³/mol. The van der Waals surface area contributed by atoms with E-state index in [1.54, 1.807) is 7.11 Å². The van der Waals surface area contributed by atoms with Gasteiger partial charge >= 0.3 is 0 Å². The van der Waals surface area contributed by atoms with Crippen molar-refractivity contribution >= 4 is 17.6 Å². The van der Waals surface area contributed by atoms with E-state index in [-0.39, 0.29) is 6.10 Å². The number of aromatic nitrogens is 1. The van der Waals surface area contributed by atoms with E-state index in [1.165, 1.54) is 0 Å². The molecule has 0 radical (unpaired) electrons. The van der Waals surface area contributed by atoms with E-state index in [0.717, 1.165) is 36.7 Å². The Balaban J connectivity index is 1.93. The highest BCUT2D eigenvalue weighted by molar-refractivity contribution is 6.30. The molecule has 6 heteroatoms. The standard InChI is InChI=1S/C19H25ClN4O/c1-3-21-19(23-12-10-17-9-4-5-11-22-17)24-14-18(25-2)15-7-6-8-16(20)13-15/h4-9,11,13,18H,3,10,12,14H2,1-2H3,(H2,21,23,24). The lowest BCUT2D eigenvalue weighted by atomic mass is 10.1. The average molecular weight is 361 g/mol. The molecule has 0 saturated carbocycles. The van der Waals surface area contributed by atoms with Crippen LogP contribution in [0.4, 0.5) is 0 Å². The Morgan fingerprint density at radius 2 is 2.12 bits per heavy atom. The summed E-state index contributed by atoms with van der Waals surface area (Å²) >= 11 is 6.06. The first-order chi connectivity index (χ1) is 12.2. The van der Waals surface area contributed by atoms with Crippen molar-refractivity contribution in [3.8, 4) is 0 Å². The van der Waals surface area contributed by atoms with Crippen molar-refractivity contribution in [2.75, 3.05) is 26.7 Å². The SMILES string of the molecule is CCNC(=NCC(OC)c1cccc(Cl)c1)NCCc1ccccn1. The molecule has 1 atom stereocenters. The average Bonchev–Trinajstić information content (AvgIpc) is 2.63. The molecule has 1 aromatic carbocycles. The Morgan fingerprint density at radius 1 is 1.24 bits per heavy atom. The molecule has 25 heavy (non-hydrogen) atoms. The highest BCUT2D eigenvalue weighted by Crippen LogP contribution is 2.20. The van der Waals surface area contributed by atoms with Gasteiger partial charge in [-0.25, -0.2) is 0 Å². The number of rotatable bonds is 8. The van der Waals surface area contributed by atoms with E-state index in [9.17, 15) is 0 Å². The van der Waals surface area contributed by atoms with Crippen LogP contribution in [0.2, 0.25) is 5.02 Å². The van der Waals surface area contributed by atoms with Gasteiger partial charge in [-0.3, -0.25) is 9.98 Å². The number of nitrogens with one attached hydrogen (secondary N) is 2. The Kier molecular flexibility index (Phi) is 8.22. The van der Waals surface area contributed by atoms with Gasteiger partial charge in [0.05, 0.1) is 6.54 Å². The topological polar surface area (TPSA) is 58.5 Å². The predicted octanol–water partition coefficient (Wildman–Crippen LogP) is 3.22. The summed E-state index contributed by atoms with van der Waals surface area (Å²) < 4.78 is 5.56. The quantitative estimate of drug-likeness (QED) is 0.560. The van der Waals surface area contributed by atoms with Gasteiger partial charge in [-0.05, 0) is 36.8 Å². The third kappa shape index (κ3) is 6.72. The molecular weight excluding hydrogens is 336 g/mol. The van der Waals surface area contributed by atoms with Crippen LogP contribution in [-0.2, 0) is 11.2 Å². The molecule has 1 aromatic heterocycles. The van der Waals surface area contributed by atoms with Gasteiger partial charge in [0.1, 0.15) is 6.10 Å².